The summed E-state index contributed by atoms with van der Waals surface area (Å²) >= 11 is 0. The van der Waals surface area contributed by atoms with E-state index in [-0.39, 0.29) is 17.3 Å². The van der Waals surface area contributed by atoms with Gasteiger partial charge in [0.25, 0.3) is 0 Å². The average Bonchev–Trinajstić information content (AvgIpc) is 2.95. The number of aromatic nitrogens is 2. The Morgan fingerprint density at radius 2 is 1.76 bits per heavy atom. The lowest BCUT2D eigenvalue weighted by atomic mass is 10.1. The Balaban J connectivity index is 2.31. The van der Waals surface area contributed by atoms with Crippen LogP contribution in [0.15, 0.2) is 29.6 Å². The van der Waals surface area contributed by atoms with E-state index in [1.165, 1.54) is 6.20 Å². The standard InChI is InChI=1S/C20H31N3O5S/c1-18(2,3)28-17(24)22-20(7,8)13-27-14-11-16-21-9-10-23(16)12-15(14)29(25,26)19(4,5)6/h9-12H,13H2,1-8H3,(H,22,24). The van der Waals surface area contributed by atoms with Crippen molar-refractivity contribution in [2.24, 2.45) is 0 Å². The number of fused-ring (bicyclic) bond motifs is 1. The van der Waals surface area contributed by atoms with Crippen LogP contribution in [-0.4, -0.2) is 46.4 Å². The average molecular weight is 426 g/mol. The minimum Gasteiger partial charge on any atom is -0.490 e. The molecule has 1 N–H and O–H groups in total. The molecule has 0 aliphatic carbocycles. The van der Waals surface area contributed by atoms with Gasteiger partial charge in [-0.25, -0.2) is 18.2 Å². The molecule has 9 heteroatoms. The molecule has 1 amide bonds. The predicted molar refractivity (Wildman–Crippen MR) is 111 cm³/mol. The van der Waals surface area contributed by atoms with Gasteiger partial charge in [-0.05, 0) is 55.4 Å². The molecule has 0 spiro atoms. The minimum atomic E-state index is -3.68. The lowest BCUT2D eigenvalue weighted by Crippen LogP contribution is -2.49. The molecule has 8 nitrogen and oxygen atoms in total. The molecule has 0 bridgehead atoms. The molecule has 0 aromatic carbocycles. The number of carbonyl (C=O) groups is 1. The molecular weight excluding hydrogens is 394 g/mol. The molecule has 0 atom stereocenters. The molecule has 2 aromatic rings. The van der Waals surface area contributed by atoms with E-state index in [1.54, 1.807) is 78.3 Å². The lowest BCUT2D eigenvalue weighted by Gasteiger charge is -2.29. The first-order valence-electron chi connectivity index (χ1n) is 9.37. The number of hydrogen-bond donors (Lipinski definition) is 1. The second kappa shape index (κ2) is 7.51. The summed E-state index contributed by atoms with van der Waals surface area (Å²) in [6.07, 6.45) is 4.19. The fraction of sp³-hybridized carbons (Fsp3) is 0.600. The quantitative estimate of drug-likeness (QED) is 0.786. The second-order valence-electron chi connectivity index (χ2n) is 9.61. The molecule has 2 heterocycles. The Labute approximate surface area is 172 Å². The summed E-state index contributed by atoms with van der Waals surface area (Å²) < 4.78 is 38.0. The first-order valence-corrected chi connectivity index (χ1v) is 10.9. The van der Waals surface area contributed by atoms with Crippen LogP contribution < -0.4 is 10.1 Å². The van der Waals surface area contributed by atoms with Crippen LogP contribution in [0.5, 0.6) is 5.75 Å². The van der Waals surface area contributed by atoms with E-state index < -0.39 is 31.8 Å². The number of pyridine rings is 1. The molecule has 0 unspecified atom stereocenters. The van der Waals surface area contributed by atoms with Gasteiger partial charge in [-0.1, -0.05) is 0 Å². The van der Waals surface area contributed by atoms with Gasteiger partial charge < -0.3 is 19.2 Å². The lowest BCUT2D eigenvalue weighted by molar-refractivity contribution is 0.0440. The normalized spacial score (nSPS) is 13.4. The zero-order valence-electron chi connectivity index (χ0n) is 18.4. The summed E-state index contributed by atoms with van der Waals surface area (Å²) in [6.45, 7) is 13.8. The van der Waals surface area contributed by atoms with E-state index in [2.05, 4.69) is 10.3 Å². The number of ether oxygens (including phenoxy) is 2. The number of carbonyl (C=O) groups excluding carboxylic acids is 1. The number of amides is 1. The van der Waals surface area contributed by atoms with Crippen LogP contribution in [0.2, 0.25) is 0 Å². The van der Waals surface area contributed by atoms with Gasteiger partial charge in [0.05, 0.1) is 10.3 Å². The molecule has 2 rings (SSSR count). The predicted octanol–water partition coefficient (Wildman–Crippen LogP) is 3.59. The summed E-state index contributed by atoms with van der Waals surface area (Å²) in [5.74, 6) is 0.192. The molecule has 0 saturated heterocycles. The van der Waals surface area contributed by atoms with Gasteiger partial charge in [-0.15, -0.1) is 0 Å². The highest BCUT2D eigenvalue weighted by atomic mass is 32.2. The number of nitrogens with zero attached hydrogens (tertiary/aromatic N) is 2. The monoisotopic (exact) mass is 425 g/mol. The maximum absolute atomic E-state index is 13.1. The Morgan fingerprint density at radius 3 is 2.31 bits per heavy atom. The van der Waals surface area contributed by atoms with Gasteiger partial charge in [0.15, 0.2) is 9.84 Å². The fourth-order valence-corrected chi connectivity index (χ4v) is 3.74. The van der Waals surface area contributed by atoms with Crippen LogP contribution in [0.3, 0.4) is 0 Å². The van der Waals surface area contributed by atoms with E-state index >= 15 is 0 Å². The summed E-state index contributed by atoms with van der Waals surface area (Å²) in [4.78, 5) is 16.4. The first kappa shape index (κ1) is 23.0. The number of rotatable bonds is 5. The van der Waals surface area contributed by atoms with E-state index in [0.717, 1.165) is 0 Å². The Hall–Kier alpha value is -2.29. The van der Waals surface area contributed by atoms with Crippen molar-refractivity contribution in [2.45, 2.75) is 76.2 Å². The van der Waals surface area contributed by atoms with Crippen molar-refractivity contribution in [3.63, 3.8) is 0 Å². The number of nitrogens with one attached hydrogen (secondary N) is 1. The molecule has 2 aromatic heterocycles. The van der Waals surface area contributed by atoms with Crippen LogP contribution in [-0.2, 0) is 14.6 Å². The third-order valence-electron chi connectivity index (χ3n) is 3.98. The first-order chi connectivity index (χ1) is 13.0. The zero-order valence-corrected chi connectivity index (χ0v) is 19.2. The summed E-state index contributed by atoms with van der Waals surface area (Å²) in [6, 6.07) is 1.59. The minimum absolute atomic E-state index is 0.0375. The summed E-state index contributed by atoms with van der Waals surface area (Å²) in [5.41, 5.74) is -0.862. The molecule has 0 saturated carbocycles. The Kier molecular flexibility index (Phi) is 5.96. The van der Waals surface area contributed by atoms with Crippen molar-refractivity contribution in [2.75, 3.05) is 6.61 Å². The van der Waals surface area contributed by atoms with Crippen LogP contribution in [0, 0.1) is 0 Å². The van der Waals surface area contributed by atoms with Crippen LogP contribution >= 0.6 is 0 Å². The maximum atomic E-state index is 13.1. The zero-order chi connectivity index (χ0) is 22.3. The van der Waals surface area contributed by atoms with Gasteiger partial charge in [0.1, 0.15) is 28.5 Å². The molecule has 162 valence electrons. The van der Waals surface area contributed by atoms with E-state index in [9.17, 15) is 13.2 Å². The summed E-state index contributed by atoms with van der Waals surface area (Å²) in [5, 5.41) is 2.75. The molecule has 0 fully saturated rings. The van der Waals surface area contributed by atoms with Crippen molar-refractivity contribution in [3.05, 3.63) is 24.7 Å². The smallest absolute Gasteiger partial charge is 0.408 e. The number of imidazole rings is 1. The van der Waals surface area contributed by atoms with Crippen molar-refractivity contribution in [1.82, 2.24) is 14.7 Å². The van der Waals surface area contributed by atoms with Crippen molar-refractivity contribution < 1.29 is 22.7 Å². The molecule has 0 aliphatic heterocycles. The topological polar surface area (TPSA) is 99.0 Å². The molecule has 0 aliphatic rings. The van der Waals surface area contributed by atoms with Gasteiger partial charge in [0, 0.05) is 24.7 Å². The SMILES string of the molecule is CC(C)(COc1cc2nccn2cc1S(=O)(=O)C(C)(C)C)NC(=O)OC(C)(C)C. The maximum Gasteiger partial charge on any atom is 0.408 e. The number of alkyl carbamates (subject to hydrolysis) is 1. The largest absolute Gasteiger partial charge is 0.490 e. The number of sulfone groups is 1. The highest BCUT2D eigenvalue weighted by Crippen LogP contribution is 2.33. The third-order valence-corrected chi connectivity index (χ3v) is 6.48. The van der Waals surface area contributed by atoms with E-state index in [4.69, 9.17) is 9.47 Å². The Bertz CT molecular complexity index is 995. The van der Waals surface area contributed by atoms with E-state index in [0.29, 0.717) is 5.65 Å². The van der Waals surface area contributed by atoms with Crippen molar-refractivity contribution in [3.8, 4) is 5.75 Å². The van der Waals surface area contributed by atoms with E-state index in [1.807, 2.05) is 0 Å². The van der Waals surface area contributed by atoms with Crippen LogP contribution in [0.25, 0.3) is 5.65 Å². The fourth-order valence-electron chi connectivity index (χ4n) is 2.44. The van der Waals surface area contributed by atoms with Crippen molar-refractivity contribution in [1.29, 1.82) is 0 Å². The van der Waals surface area contributed by atoms with Gasteiger partial charge >= 0.3 is 6.09 Å². The third kappa shape index (κ3) is 5.62. The van der Waals surface area contributed by atoms with Crippen LogP contribution in [0.1, 0.15) is 55.4 Å². The van der Waals surface area contributed by atoms with Gasteiger partial charge in [-0.3, -0.25) is 0 Å². The molecule has 29 heavy (non-hydrogen) atoms. The van der Waals surface area contributed by atoms with Gasteiger partial charge in [-0.2, -0.15) is 0 Å². The van der Waals surface area contributed by atoms with Crippen LogP contribution in [0.4, 0.5) is 4.79 Å². The van der Waals surface area contributed by atoms with Crippen molar-refractivity contribution >= 4 is 21.6 Å². The number of hydrogen-bond acceptors (Lipinski definition) is 6. The highest BCUT2D eigenvalue weighted by Gasteiger charge is 2.35. The van der Waals surface area contributed by atoms with Gasteiger partial charge in [0.2, 0.25) is 0 Å². The molecular formula is C20H31N3O5S. The summed E-state index contributed by atoms with van der Waals surface area (Å²) in [7, 11) is -3.68. The Morgan fingerprint density at radius 1 is 1.14 bits per heavy atom. The molecule has 0 radical (unpaired) electrons. The second-order valence-corrected chi connectivity index (χ2v) is 12.3. The highest BCUT2D eigenvalue weighted by molar-refractivity contribution is 7.92.